The van der Waals surface area contributed by atoms with Crippen LogP contribution in [0.25, 0.3) is 0 Å². The molecular weight excluding hydrogens is 615 g/mol. The maximum atomic E-state index is 12.4. The first-order valence-corrected chi connectivity index (χ1v) is 21.0. The molecule has 8 nitrogen and oxygen atoms in total. The molecule has 0 aromatic rings. The summed E-state index contributed by atoms with van der Waals surface area (Å²) in [5, 5.41) is 0. The molecule has 1 atom stereocenters. The van der Waals surface area contributed by atoms with E-state index in [0.29, 0.717) is 6.42 Å². The second-order valence-electron chi connectivity index (χ2n) is 13.3. The zero-order valence-corrected chi connectivity index (χ0v) is 31.3. The van der Waals surface area contributed by atoms with E-state index >= 15 is 0 Å². The van der Waals surface area contributed by atoms with Crippen LogP contribution in [0.4, 0.5) is 0 Å². The van der Waals surface area contributed by atoms with Gasteiger partial charge in [0.25, 0.3) is 0 Å². The Balaban J connectivity index is 3.89. The lowest BCUT2D eigenvalue weighted by atomic mass is 10.1. The Bertz CT molecular complexity index is 782. The fraction of sp³-hybridized carbons (Fsp3) is 0.895. The van der Waals surface area contributed by atoms with Crippen LogP contribution in [0.2, 0.25) is 0 Å². The topological polar surface area (TPSA) is 119 Å². The number of esters is 2. The molecule has 0 aliphatic heterocycles. The summed E-state index contributed by atoms with van der Waals surface area (Å²) in [4.78, 5) is 42.6. The summed E-state index contributed by atoms with van der Waals surface area (Å²) in [6, 6.07) is 0. The number of unbranched alkanes of at least 4 members (excludes halogenated alkanes) is 24. The highest BCUT2D eigenvalue weighted by Crippen LogP contribution is 2.36. The molecule has 0 saturated carbocycles. The Labute approximate surface area is 288 Å². The Kier molecular flexibility index (Phi) is 33.8. The zero-order chi connectivity index (χ0) is 34.7. The van der Waals surface area contributed by atoms with Crippen LogP contribution in [-0.4, -0.2) is 41.0 Å². The summed E-state index contributed by atoms with van der Waals surface area (Å²) < 4.78 is 26.3. The van der Waals surface area contributed by atoms with E-state index in [9.17, 15) is 14.2 Å². The highest BCUT2D eigenvalue weighted by molar-refractivity contribution is 7.46. The van der Waals surface area contributed by atoms with E-state index in [1.807, 2.05) is 0 Å². The molecule has 0 spiro atoms. The number of rotatable bonds is 36. The van der Waals surface area contributed by atoms with Gasteiger partial charge in [-0.15, -0.1) is 0 Å². The van der Waals surface area contributed by atoms with E-state index in [1.54, 1.807) is 0 Å². The molecule has 2 N–H and O–H groups in total. The maximum Gasteiger partial charge on any atom is 0.469 e. The summed E-state index contributed by atoms with van der Waals surface area (Å²) in [6.07, 6.45) is 36.5. The predicted molar refractivity (Wildman–Crippen MR) is 193 cm³/mol. The largest absolute Gasteiger partial charge is 0.469 e. The Morgan fingerprint density at radius 1 is 0.532 bits per heavy atom. The van der Waals surface area contributed by atoms with Crippen molar-refractivity contribution in [3.63, 3.8) is 0 Å². The lowest BCUT2D eigenvalue weighted by Gasteiger charge is -2.18. The summed E-state index contributed by atoms with van der Waals surface area (Å²) in [6.45, 7) is 3.67. The van der Waals surface area contributed by atoms with Gasteiger partial charge in [0.05, 0.1) is 6.61 Å². The molecular formula is C38H73O8P. The second kappa shape index (κ2) is 34.6. The minimum absolute atomic E-state index is 0.211. The van der Waals surface area contributed by atoms with Crippen molar-refractivity contribution in [3.8, 4) is 0 Å². The number of phosphoric ester groups is 1. The van der Waals surface area contributed by atoms with Crippen LogP contribution in [0.3, 0.4) is 0 Å². The molecule has 0 fully saturated rings. The first kappa shape index (κ1) is 45.8. The number of carbonyl (C=O) groups excluding carboxylic acids is 2. The SMILES string of the molecule is CCCCCCCCCC/C=C\CCCCCCCCCC(=O)O[C@H](COC(=O)CCCCCCCCCCCC)COP(=O)(O)O. The number of carbonyl (C=O) groups is 2. The van der Waals surface area contributed by atoms with Crippen molar-refractivity contribution in [3.05, 3.63) is 12.2 Å². The average molecular weight is 689 g/mol. The van der Waals surface area contributed by atoms with Gasteiger partial charge in [0.15, 0.2) is 6.10 Å². The molecule has 0 aromatic heterocycles. The Hall–Kier alpha value is -1.21. The molecule has 47 heavy (non-hydrogen) atoms. The molecule has 0 amide bonds. The quantitative estimate of drug-likeness (QED) is 0.0289. The van der Waals surface area contributed by atoms with Crippen LogP contribution < -0.4 is 0 Å². The summed E-state index contributed by atoms with van der Waals surface area (Å²) >= 11 is 0. The molecule has 0 saturated heterocycles. The lowest BCUT2D eigenvalue weighted by molar-refractivity contribution is -0.161. The minimum atomic E-state index is -4.74. The molecule has 0 heterocycles. The van der Waals surface area contributed by atoms with E-state index in [0.717, 1.165) is 44.9 Å². The first-order valence-electron chi connectivity index (χ1n) is 19.5. The Morgan fingerprint density at radius 2 is 0.894 bits per heavy atom. The third kappa shape index (κ3) is 37.5. The van der Waals surface area contributed by atoms with Crippen molar-refractivity contribution in [1.29, 1.82) is 0 Å². The summed E-state index contributed by atoms with van der Waals surface area (Å²) in [5.74, 6) is -0.884. The van der Waals surface area contributed by atoms with Crippen molar-refractivity contribution in [2.75, 3.05) is 13.2 Å². The molecule has 0 radical (unpaired) electrons. The summed E-state index contributed by atoms with van der Waals surface area (Å²) in [7, 11) is -4.74. The molecule has 0 aliphatic rings. The molecule has 0 bridgehead atoms. The van der Waals surface area contributed by atoms with Crippen LogP contribution in [0.1, 0.15) is 200 Å². The van der Waals surface area contributed by atoms with Crippen molar-refractivity contribution < 1.29 is 37.9 Å². The maximum absolute atomic E-state index is 12.4. The van der Waals surface area contributed by atoms with E-state index in [2.05, 4.69) is 30.5 Å². The molecule has 0 rings (SSSR count). The van der Waals surface area contributed by atoms with E-state index in [1.165, 1.54) is 122 Å². The second-order valence-corrected chi connectivity index (χ2v) is 14.5. The van der Waals surface area contributed by atoms with Gasteiger partial charge in [0, 0.05) is 12.8 Å². The van der Waals surface area contributed by atoms with Gasteiger partial charge < -0.3 is 19.3 Å². The lowest BCUT2D eigenvalue weighted by Crippen LogP contribution is -2.29. The number of hydrogen-bond donors (Lipinski definition) is 2. The fourth-order valence-electron chi connectivity index (χ4n) is 5.60. The smallest absolute Gasteiger partial charge is 0.462 e. The third-order valence-electron chi connectivity index (χ3n) is 8.53. The fourth-order valence-corrected chi connectivity index (χ4v) is 5.96. The van der Waals surface area contributed by atoms with Gasteiger partial charge in [-0.2, -0.15) is 0 Å². The highest BCUT2D eigenvalue weighted by Gasteiger charge is 2.22. The number of phosphoric acid groups is 1. The minimum Gasteiger partial charge on any atom is -0.462 e. The third-order valence-corrected chi connectivity index (χ3v) is 9.02. The van der Waals surface area contributed by atoms with Crippen molar-refractivity contribution in [2.45, 2.75) is 206 Å². The van der Waals surface area contributed by atoms with Crippen LogP contribution in [0.5, 0.6) is 0 Å². The zero-order valence-electron chi connectivity index (χ0n) is 30.4. The molecule has 0 aromatic carbocycles. The first-order chi connectivity index (χ1) is 22.8. The van der Waals surface area contributed by atoms with Crippen LogP contribution in [0, 0.1) is 0 Å². The highest BCUT2D eigenvalue weighted by atomic mass is 31.2. The number of ether oxygens (including phenoxy) is 2. The molecule has 278 valence electrons. The molecule has 0 aliphatic carbocycles. The van der Waals surface area contributed by atoms with Crippen LogP contribution in [0.15, 0.2) is 12.2 Å². The van der Waals surface area contributed by atoms with Gasteiger partial charge in [0.1, 0.15) is 6.61 Å². The van der Waals surface area contributed by atoms with E-state index in [4.69, 9.17) is 19.3 Å². The van der Waals surface area contributed by atoms with Gasteiger partial charge >= 0.3 is 19.8 Å². The van der Waals surface area contributed by atoms with E-state index < -0.39 is 32.5 Å². The number of allylic oxidation sites excluding steroid dienone is 2. The van der Waals surface area contributed by atoms with Gasteiger partial charge in [0.2, 0.25) is 0 Å². The van der Waals surface area contributed by atoms with Crippen LogP contribution in [-0.2, 0) is 28.2 Å². The van der Waals surface area contributed by atoms with Crippen molar-refractivity contribution in [1.82, 2.24) is 0 Å². The van der Waals surface area contributed by atoms with Crippen LogP contribution >= 0.6 is 7.82 Å². The molecule has 9 heteroatoms. The van der Waals surface area contributed by atoms with Gasteiger partial charge in [-0.25, -0.2) is 4.57 Å². The van der Waals surface area contributed by atoms with Gasteiger partial charge in [-0.3, -0.25) is 14.1 Å². The summed E-state index contributed by atoms with van der Waals surface area (Å²) in [5.41, 5.74) is 0. The van der Waals surface area contributed by atoms with Gasteiger partial charge in [-0.1, -0.05) is 161 Å². The normalized spacial score (nSPS) is 12.5. The average Bonchev–Trinajstić information content (AvgIpc) is 3.04. The Morgan fingerprint density at radius 3 is 1.30 bits per heavy atom. The van der Waals surface area contributed by atoms with Gasteiger partial charge in [-0.05, 0) is 38.5 Å². The standard InChI is InChI=1S/C38H73O8P/c1-3-5-7-9-11-13-15-16-17-18-19-20-21-22-23-25-27-29-31-33-38(40)46-36(35-45-47(41,42)43)34-44-37(39)32-30-28-26-24-14-12-10-8-6-4-2/h18-19,36H,3-17,20-35H2,1-2H3,(H2,41,42,43)/b19-18-/t36-/m1/s1. The predicted octanol–water partition coefficient (Wildman–Crippen LogP) is 11.5. The van der Waals surface area contributed by atoms with Crippen molar-refractivity contribution >= 4 is 19.8 Å². The number of hydrogen-bond acceptors (Lipinski definition) is 6. The monoisotopic (exact) mass is 689 g/mol. The van der Waals surface area contributed by atoms with E-state index in [-0.39, 0.29) is 19.4 Å². The molecule has 0 unspecified atom stereocenters. The van der Waals surface area contributed by atoms with Crippen molar-refractivity contribution in [2.24, 2.45) is 0 Å².